The van der Waals surface area contributed by atoms with Crippen LogP contribution in [-0.4, -0.2) is 47.0 Å². The minimum atomic E-state index is -0.303. The molecule has 0 unspecified atom stereocenters. The highest BCUT2D eigenvalue weighted by atomic mass is 35.5. The molecule has 0 atom stereocenters. The molecule has 4 aromatic rings. The first kappa shape index (κ1) is 19.3. The maximum absolute atomic E-state index is 12.5. The summed E-state index contributed by atoms with van der Waals surface area (Å²) in [6, 6.07) is 5.30. The maximum atomic E-state index is 12.5. The molecule has 1 aromatic carbocycles. The van der Waals surface area contributed by atoms with Gasteiger partial charge in [-0.15, -0.1) is 10.2 Å². The zero-order chi connectivity index (χ0) is 20.2. The van der Waals surface area contributed by atoms with Crippen LogP contribution in [0.5, 0.6) is 0 Å². The van der Waals surface area contributed by atoms with E-state index in [1.54, 1.807) is 16.8 Å². The fourth-order valence-corrected chi connectivity index (χ4v) is 2.97. The highest BCUT2D eigenvalue weighted by Crippen LogP contribution is 2.22. The molecule has 29 heavy (non-hydrogen) atoms. The Balaban J connectivity index is 1.41. The fourth-order valence-electron chi connectivity index (χ4n) is 2.65. The Labute approximate surface area is 173 Å². The average Bonchev–Trinajstić information content (AvgIpc) is 3.36. The highest BCUT2D eigenvalue weighted by Gasteiger charge is 2.11. The van der Waals surface area contributed by atoms with E-state index in [0.717, 1.165) is 5.56 Å². The van der Waals surface area contributed by atoms with Gasteiger partial charge in [-0.1, -0.05) is 34.5 Å². The van der Waals surface area contributed by atoms with E-state index in [0.29, 0.717) is 52.5 Å². The standard InChI is InChI=1S/C16H15Cl2N9O2/c17-10-2-1-9(5-11(10)18)6-19-16-21-12-7-20-27(14(12)15(28)22-16)3-4-29-8-13-23-25-26-24-13/h1-2,5,7H,3-4,6,8H2,(H2,19,21,22,28)(H,23,24,25,26). The van der Waals surface area contributed by atoms with Gasteiger partial charge < -0.3 is 10.1 Å². The van der Waals surface area contributed by atoms with Crippen molar-refractivity contribution in [1.29, 1.82) is 0 Å². The number of hydrogen-bond acceptors (Lipinski definition) is 8. The third kappa shape index (κ3) is 4.53. The van der Waals surface area contributed by atoms with Gasteiger partial charge in [0.1, 0.15) is 12.1 Å². The zero-order valence-corrected chi connectivity index (χ0v) is 16.4. The summed E-state index contributed by atoms with van der Waals surface area (Å²) >= 11 is 11.9. The molecule has 0 aliphatic heterocycles. The number of ether oxygens (including phenoxy) is 1. The molecule has 11 nitrogen and oxygen atoms in total. The van der Waals surface area contributed by atoms with Crippen molar-refractivity contribution in [3.05, 3.63) is 56.2 Å². The Morgan fingerprint density at radius 2 is 2.14 bits per heavy atom. The van der Waals surface area contributed by atoms with Crippen molar-refractivity contribution in [1.82, 2.24) is 40.4 Å². The van der Waals surface area contributed by atoms with Crippen molar-refractivity contribution < 1.29 is 4.74 Å². The first-order valence-corrected chi connectivity index (χ1v) is 9.29. The first-order valence-electron chi connectivity index (χ1n) is 8.54. The number of halogens is 2. The molecule has 0 saturated heterocycles. The average molecular weight is 436 g/mol. The number of benzene rings is 1. The highest BCUT2D eigenvalue weighted by molar-refractivity contribution is 6.42. The molecule has 150 valence electrons. The largest absolute Gasteiger partial charge is 0.371 e. The Morgan fingerprint density at radius 3 is 2.93 bits per heavy atom. The minimum Gasteiger partial charge on any atom is -0.371 e. The molecule has 0 amide bonds. The smallest absolute Gasteiger partial charge is 0.278 e. The van der Waals surface area contributed by atoms with Gasteiger partial charge in [0.2, 0.25) is 5.95 Å². The summed E-state index contributed by atoms with van der Waals surface area (Å²) in [4.78, 5) is 19.6. The summed E-state index contributed by atoms with van der Waals surface area (Å²) in [6.07, 6.45) is 1.54. The van der Waals surface area contributed by atoms with E-state index in [1.165, 1.54) is 6.20 Å². The van der Waals surface area contributed by atoms with Crippen molar-refractivity contribution in [3.63, 3.8) is 0 Å². The second-order valence-electron chi connectivity index (χ2n) is 6.00. The van der Waals surface area contributed by atoms with Crippen LogP contribution in [0.1, 0.15) is 11.4 Å². The second-order valence-corrected chi connectivity index (χ2v) is 6.81. The Hall–Kier alpha value is -3.02. The van der Waals surface area contributed by atoms with E-state index in [9.17, 15) is 4.79 Å². The lowest BCUT2D eigenvalue weighted by atomic mass is 10.2. The maximum Gasteiger partial charge on any atom is 0.278 e. The van der Waals surface area contributed by atoms with E-state index in [4.69, 9.17) is 27.9 Å². The van der Waals surface area contributed by atoms with Crippen LogP contribution in [0.25, 0.3) is 11.0 Å². The molecule has 3 heterocycles. The Bertz CT molecular complexity index is 1170. The van der Waals surface area contributed by atoms with Crippen LogP contribution in [0.15, 0.2) is 29.2 Å². The number of tetrazole rings is 1. The van der Waals surface area contributed by atoms with Gasteiger partial charge in [-0.05, 0) is 17.7 Å². The molecule has 13 heteroatoms. The number of aromatic amines is 2. The van der Waals surface area contributed by atoms with E-state index in [1.807, 2.05) is 6.07 Å². The van der Waals surface area contributed by atoms with Crippen LogP contribution >= 0.6 is 23.2 Å². The molecule has 0 aliphatic rings. The lowest BCUT2D eigenvalue weighted by Crippen LogP contribution is -2.17. The number of rotatable bonds is 8. The van der Waals surface area contributed by atoms with Crippen molar-refractivity contribution in [3.8, 4) is 0 Å². The van der Waals surface area contributed by atoms with Crippen LogP contribution in [0, 0.1) is 0 Å². The van der Waals surface area contributed by atoms with Gasteiger partial charge in [0, 0.05) is 6.54 Å². The van der Waals surface area contributed by atoms with Crippen molar-refractivity contribution >= 4 is 40.2 Å². The number of fused-ring (bicyclic) bond motifs is 1. The van der Waals surface area contributed by atoms with E-state index < -0.39 is 0 Å². The van der Waals surface area contributed by atoms with Crippen molar-refractivity contribution in [2.24, 2.45) is 0 Å². The van der Waals surface area contributed by atoms with Crippen LogP contribution in [0.4, 0.5) is 5.95 Å². The number of H-pyrrole nitrogens is 2. The van der Waals surface area contributed by atoms with Crippen LogP contribution in [-0.2, 0) is 24.4 Å². The van der Waals surface area contributed by atoms with Crippen LogP contribution in [0.3, 0.4) is 0 Å². The summed E-state index contributed by atoms with van der Waals surface area (Å²) < 4.78 is 7.00. The Kier molecular flexibility index (Phi) is 5.69. The molecule has 0 saturated carbocycles. The lowest BCUT2D eigenvalue weighted by Gasteiger charge is -2.07. The second kappa shape index (κ2) is 8.55. The zero-order valence-electron chi connectivity index (χ0n) is 14.9. The quantitative estimate of drug-likeness (QED) is 0.355. The molecule has 0 radical (unpaired) electrons. The SMILES string of the molecule is O=c1[nH]c(NCc2ccc(Cl)c(Cl)c2)nc2cnn(CCOCc3nn[nH]n3)c12. The van der Waals surface area contributed by atoms with Gasteiger partial charge in [-0.25, -0.2) is 4.98 Å². The van der Waals surface area contributed by atoms with Crippen molar-refractivity contribution in [2.45, 2.75) is 19.7 Å². The minimum absolute atomic E-state index is 0.215. The monoisotopic (exact) mass is 435 g/mol. The number of nitrogens with zero attached hydrogens (tertiary/aromatic N) is 6. The number of aromatic nitrogens is 8. The molecule has 0 aliphatic carbocycles. The van der Waals surface area contributed by atoms with Gasteiger partial charge in [0.05, 0.1) is 29.4 Å². The molecular formula is C16H15Cl2N9O2. The van der Waals surface area contributed by atoms with E-state index in [2.05, 4.69) is 41.0 Å². The summed E-state index contributed by atoms with van der Waals surface area (Å²) in [6.45, 7) is 1.33. The van der Waals surface area contributed by atoms with Gasteiger partial charge >= 0.3 is 0 Å². The Morgan fingerprint density at radius 1 is 1.24 bits per heavy atom. The molecule has 0 spiro atoms. The van der Waals surface area contributed by atoms with E-state index >= 15 is 0 Å². The lowest BCUT2D eigenvalue weighted by molar-refractivity contribution is 0.106. The molecule has 3 aromatic heterocycles. The van der Waals surface area contributed by atoms with Gasteiger partial charge in [-0.2, -0.15) is 10.3 Å². The number of anilines is 1. The molecule has 4 rings (SSSR count). The predicted octanol–water partition coefficient (Wildman–Crippen LogP) is 1.77. The van der Waals surface area contributed by atoms with Gasteiger partial charge in [-0.3, -0.25) is 14.5 Å². The van der Waals surface area contributed by atoms with Crippen LogP contribution in [0.2, 0.25) is 10.0 Å². The first-order chi connectivity index (χ1) is 14.1. The summed E-state index contributed by atoms with van der Waals surface area (Å²) in [5.74, 6) is 0.786. The van der Waals surface area contributed by atoms with Crippen molar-refractivity contribution in [2.75, 3.05) is 11.9 Å². The molecule has 3 N–H and O–H groups in total. The number of hydrogen-bond donors (Lipinski definition) is 3. The predicted molar refractivity (Wildman–Crippen MR) is 106 cm³/mol. The van der Waals surface area contributed by atoms with Crippen LogP contribution < -0.4 is 10.9 Å². The summed E-state index contributed by atoms with van der Waals surface area (Å²) in [5.41, 5.74) is 1.44. The topological polar surface area (TPSA) is 139 Å². The summed E-state index contributed by atoms with van der Waals surface area (Å²) in [5, 5.41) is 21.6. The number of nitrogens with one attached hydrogen (secondary N) is 3. The summed E-state index contributed by atoms with van der Waals surface area (Å²) in [7, 11) is 0. The van der Waals surface area contributed by atoms with Gasteiger partial charge in [0.25, 0.3) is 5.56 Å². The molecule has 0 fully saturated rings. The third-order valence-electron chi connectivity index (χ3n) is 4.01. The third-order valence-corrected chi connectivity index (χ3v) is 4.75. The fraction of sp³-hybridized carbons (Fsp3) is 0.250. The molecular weight excluding hydrogens is 421 g/mol. The molecule has 0 bridgehead atoms. The van der Waals surface area contributed by atoms with Gasteiger partial charge in [0.15, 0.2) is 11.3 Å². The van der Waals surface area contributed by atoms with E-state index in [-0.39, 0.29) is 12.2 Å². The normalized spacial score (nSPS) is 11.2.